The van der Waals surface area contributed by atoms with Crippen molar-refractivity contribution in [3.05, 3.63) is 61.4 Å². The number of hydrogen-bond donors (Lipinski definition) is 2. The van der Waals surface area contributed by atoms with Crippen molar-refractivity contribution in [2.24, 2.45) is 0 Å². The number of aryl methyl sites for hydroxylation is 1. The van der Waals surface area contributed by atoms with Gasteiger partial charge in [0.1, 0.15) is 11.5 Å². The van der Waals surface area contributed by atoms with Gasteiger partial charge < -0.3 is 5.73 Å². The molecule has 0 aliphatic carbocycles. The summed E-state index contributed by atoms with van der Waals surface area (Å²) in [6.45, 7) is 2.01. The zero-order valence-electron chi connectivity index (χ0n) is 13.9. The summed E-state index contributed by atoms with van der Waals surface area (Å²) in [5.74, 6) is -1.76. The maximum Gasteiger partial charge on any atom is 0.293 e. The van der Waals surface area contributed by atoms with E-state index in [-0.39, 0.29) is 28.3 Å². The Labute approximate surface area is 147 Å². The fourth-order valence-electron chi connectivity index (χ4n) is 2.97. The van der Waals surface area contributed by atoms with Crippen LogP contribution < -0.4 is 16.6 Å². The number of rotatable bonds is 5. The molecule has 9 heteroatoms. The molecule has 1 aromatic heterocycles. The number of aromatic nitrogens is 1. The number of fused-ring (bicyclic) bond motifs is 1. The number of pyridine rings is 1. The number of carbonyl (C=O) groups is 2. The predicted octanol–water partition coefficient (Wildman–Crippen LogP) is 1.55. The second-order valence-corrected chi connectivity index (χ2v) is 5.96. The van der Waals surface area contributed by atoms with E-state index in [1.54, 1.807) is 6.07 Å². The Morgan fingerprint density at radius 3 is 2.58 bits per heavy atom. The number of anilines is 1. The largest absolute Gasteiger partial charge is 0.384 e. The van der Waals surface area contributed by atoms with Gasteiger partial charge in [0.2, 0.25) is 0 Å². The Morgan fingerprint density at radius 1 is 1.19 bits per heavy atom. The van der Waals surface area contributed by atoms with Crippen LogP contribution in [0, 0.1) is 10.1 Å². The molecule has 26 heavy (non-hydrogen) atoms. The van der Waals surface area contributed by atoms with Crippen molar-refractivity contribution >= 4 is 23.3 Å². The highest BCUT2D eigenvalue weighted by molar-refractivity contribution is 6.23. The number of benzene rings is 1. The Hall–Kier alpha value is -3.49. The number of carbonyl (C=O) groups excluding carboxylic acids is 2. The van der Waals surface area contributed by atoms with Gasteiger partial charge in [0.25, 0.3) is 23.1 Å². The number of unbranched alkanes of at least 4 members (excludes halogenated alkanes) is 1. The zero-order chi connectivity index (χ0) is 19.0. The number of imide groups is 1. The number of nitrogen functional groups attached to an aromatic ring is 1. The standard InChI is InChI=1S/C17H16N4O5/c1-2-3-4-9-5-6-11(12(7-9)21(25)26)20-13(22)8-10-14(15(20)18)17(24)19-16(10)23/h5-8H,2-4,18H2,1H3,(H,19,23,24). The third-order valence-corrected chi connectivity index (χ3v) is 4.25. The molecule has 0 fully saturated rings. The summed E-state index contributed by atoms with van der Waals surface area (Å²) in [4.78, 5) is 47.0. The zero-order valence-corrected chi connectivity index (χ0v) is 13.9. The van der Waals surface area contributed by atoms with Crippen LogP contribution in [0.15, 0.2) is 29.1 Å². The van der Waals surface area contributed by atoms with Gasteiger partial charge in [-0.15, -0.1) is 0 Å². The number of nitro groups is 1. The van der Waals surface area contributed by atoms with Crippen LogP contribution in [-0.2, 0) is 6.42 Å². The normalized spacial score (nSPS) is 12.8. The van der Waals surface area contributed by atoms with Crippen LogP contribution in [0.5, 0.6) is 0 Å². The van der Waals surface area contributed by atoms with Gasteiger partial charge in [-0.2, -0.15) is 0 Å². The molecular weight excluding hydrogens is 340 g/mol. The van der Waals surface area contributed by atoms with Gasteiger partial charge in [0.15, 0.2) is 0 Å². The van der Waals surface area contributed by atoms with Gasteiger partial charge in [0, 0.05) is 12.1 Å². The number of amides is 2. The van der Waals surface area contributed by atoms with Crippen molar-refractivity contribution in [3.63, 3.8) is 0 Å². The lowest BCUT2D eigenvalue weighted by molar-refractivity contribution is -0.384. The van der Waals surface area contributed by atoms with Gasteiger partial charge in [-0.25, -0.2) is 0 Å². The molecule has 2 amide bonds. The maximum atomic E-state index is 12.5. The Balaban J connectivity index is 2.23. The average molecular weight is 356 g/mol. The first-order valence-electron chi connectivity index (χ1n) is 8.04. The van der Waals surface area contributed by atoms with Gasteiger partial charge in [-0.1, -0.05) is 19.4 Å². The van der Waals surface area contributed by atoms with E-state index in [9.17, 15) is 24.5 Å². The fraction of sp³-hybridized carbons (Fsp3) is 0.235. The molecular formula is C17H16N4O5. The minimum absolute atomic E-state index is 0.0484. The lowest BCUT2D eigenvalue weighted by Crippen LogP contribution is -2.24. The molecule has 1 aliphatic rings. The number of hydrogen-bond acceptors (Lipinski definition) is 6. The van der Waals surface area contributed by atoms with Crippen LogP contribution in [0.4, 0.5) is 11.5 Å². The summed E-state index contributed by atoms with van der Waals surface area (Å²) in [6, 6.07) is 5.47. The van der Waals surface area contributed by atoms with Crippen molar-refractivity contribution < 1.29 is 14.5 Å². The van der Waals surface area contributed by atoms with Crippen molar-refractivity contribution in [2.45, 2.75) is 26.2 Å². The summed E-state index contributed by atoms with van der Waals surface area (Å²) in [5.41, 5.74) is 5.35. The third-order valence-electron chi connectivity index (χ3n) is 4.25. The van der Waals surface area contributed by atoms with Crippen molar-refractivity contribution in [1.29, 1.82) is 0 Å². The molecule has 1 aromatic carbocycles. The highest BCUT2D eigenvalue weighted by Gasteiger charge is 2.33. The maximum absolute atomic E-state index is 12.5. The van der Waals surface area contributed by atoms with E-state index in [2.05, 4.69) is 5.32 Å². The van der Waals surface area contributed by atoms with Crippen LogP contribution in [0.25, 0.3) is 5.69 Å². The quantitative estimate of drug-likeness (QED) is 0.474. The SMILES string of the molecule is CCCCc1ccc(-n2c(N)c3c(cc2=O)C(=O)NC3=O)c([N+](=O)[O-])c1. The fourth-order valence-corrected chi connectivity index (χ4v) is 2.97. The van der Waals surface area contributed by atoms with E-state index in [4.69, 9.17) is 5.73 Å². The first-order chi connectivity index (χ1) is 12.3. The molecule has 134 valence electrons. The minimum Gasteiger partial charge on any atom is -0.384 e. The summed E-state index contributed by atoms with van der Waals surface area (Å²) < 4.78 is 0.888. The number of nitrogens with zero attached hydrogens (tertiary/aromatic N) is 2. The molecule has 0 saturated heterocycles. The summed E-state index contributed by atoms with van der Waals surface area (Å²) in [6.07, 6.45) is 2.48. The molecule has 1 aliphatic heterocycles. The highest BCUT2D eigenvalue weighted by Crippen LogP contribution is 2.29. The second-order valence-electron chi connectivity index (χ2n) is 5.96. The van der Waals surface area contributed by atoms with Crippen LogP contribution in [-0.4, -0.2) is 21.3 Å². The van der Waals surface area contributed by atoms with Crippen LogP contribution in [0.3, 0.4) is 0 Å². The summed E-state index contributed by atoms with van der Waals surface area (Å²) in [5, 5.41) is 13.6. The minimum atomic E-state index is -0.738. The molecule has 0 unspecified atom stereocenters. The monoisotopic (exact) mass is 356 g/mol. The lowest BCUT2D eigenvalue weighted by Gasteiger charge is -2.13. The van der Waals surface area contributed by atoms with E-state index in [1.807, 2.05) is 6.92 Å². The lowest BCUT2D eigenvalue weighted by atomic mass is 10.1. The number of nitro benzene ring substituents is 1. The second kappa shape index (κ2) is 6.43. The van der Waals surface area contributed by atoms with E-state index < -0.39 is 22.3 Å². The van der Waals surface area contributed by atoms with Crippen molar-refractivity contribution in [3.8, 4) is 5.69 Å². The predicted molar refractivity (Wildman–Crippen MR) is 93.5 cm³/mol. The summed E-state index contributed by atoms with van der Waals surface area (Å²) >= 11 is 0. The van der Waals surface area contributed by atoms with E-state index in [1.165, 1.54) is 12.1 Å². The van der Waals surface area contributed by atoms with E-state index in [0.717, 1.165) is 29.0 Å². The van der Waals surface area contributed by atoms with E-state index in [0.29, 0.717) is 6.42 Å². The Bertz CT molecular complexity index is 1010. The van der Waals surface area contributed by atoms with Gasteiger partial charge in [-0.05, 0) is 24.5 Å². The molecule has 0 atom stereocenters. The molecule has 3 N–H and O–H groups in total. The third kappa shape index (κ3) is 2.73. The van der Waals surface area contributed by atoms with Gasteiger partial charge in [-0.3, -0.25) is 34.4 Å². The van der Waals surface area contributed by atoms with Crippen LogP contribution >= 0.6 is 0 Å². The van der Waals surface area contributed by atoms with Crippen LogP contribution in [0.2, 0.25) is 0 Å². The van der Waals surface area contributed by atoms with Gasteiger partial charge >= 0.3 is 0 Å². The Kier molecular flexibility index (Phi) is 4.29. The molecule has 0 bridgehead atoms. The molecule has 3 rings (SSSR count). The van der Waals surface area contributed by atoms with E-state index >= 15 is 0 Å². The average Bonchev–Trinajstić information content (AvgIpc) is 2.87. The van der Waals surface area contributed by atoms with Crippen molar-refractivity contribution in [2.75, 3.05) is 5.73 Å². The smallest absolute Gasteiger partial charge is 0.293 e. The molecule has 0 radical (unpaired) electrons. The first-order valence-corrected chi connectivity index (χ1v) is 8.04. The number of nitrogens with two attached hydrogens (primary N) is 1. The molecule has 0 saturated carbocycles. The van der Waals surface area contributed by atoms with Crippen LogP contribution in [0.1, 0.15) is 46.0 Å². The molecule has 2 heterocycles. The topological polar surface area (TPSA) is 137 Å². The number of nitrogens with one attached hydrogen (secondary N) is 1. The Morgan fingerprint density at radius 2 is 1.92 bits per heavy atom. The first kappa shape index (κ1) is 17.3. The van der Waals surface area contributed by atoms with Gasteiger partial charge in [0.05, 0.1) is 16.1 Å². The molecule has 9 nitrogen and oxygen atoms in total. The molecule has 0 spiro atoms. The summed E-state index contributed by atoms with van der Waals surface area (Å²) in [7, 11) is 0. The van der Waals surface area contributed by atoms with Crippen molar-refractivity contribution in [1.82, 2.24) is 9.88 Å². The molecule has 2 aromatic rings. The highest BCUT2D eigenvalue weighted by atomic mass is 16.6.